The molecule has 1 aliphatic heterocycles. The Morgan fingerprint density at radius 3 is 2.86 bits per heavy atom. The van der Waals surface area contributed by atoms with Gasteiger partial charge in [0.1, 0.15) is 17.7 Å². The number of aliphatic hydroxyl groups excluding tert-OH is 1. The predicted octanol–water partition coefficient (Wildman–Crippen LogP) is 3.15. The molecule has 0 aliphatic carbocycles. The van der Waals surface area contributed by atoms with Gasteiger partial charge in [-0.3, -0.25) is 4.79 Å². The van der Waals surface area contributed by atoms with Crippen LogP contribution >= 0.6 is 11.6 Å². The molecule has 0 radical (unpaired) electrons. The third-order valence-corrected chi connectivity index (χ3v) is 3.87. The molecule has 0 fully saturated rings. The van der Waals surface area contributed by atoms with Crippen molar-refractivity contribution in [3.8, 4) is 11.5 Å². The summed E-state index contributed by atoms with van der Waals surface area (Å²) in [5.74, 6) is -0.326. The fourth-order valence-corrected chi connectivity index (χ4v) is 2.65. The fourth-order valence-electron chi connectivity index (χ4n) is 2.50. The Hall–Kier alpha value is -2.11. The van der Waals surface area contributed by atoms with Gasteiger partial charge in [-0.2, -0.15) is 0 Å². The number of carbonyl (C=O) groups excluding carboxylic acids is 1. The maximum atomic E-state index is 13.3. The molecule has 3 rings (SSSR count). The first kappa shape index (κ1) is 14.8. The molecule has 1 aliphatic rings. The third kappa shape index (κ3) is 2.53. The highest BCUT2D eigenvalue weighted by Gasteiger charge is 2.31. The number of rotatable bonds is 2. The van der Waals surface area contributed by atoms with Crippen molar-refractivity contribution in [3.05, 3.63) is 52.8 Å². The molecule has 1 heterocycles. The lowest BCUT2D eigenvalue weighted by atomic mass is 9.99. The van der Waals surface area contributed by atoms with E-state index in [2.05, 4.69) is 0 Å². The van der Waals surface area contributed by atoms with Gasteiger partial charge in [-0.25, -0.2) is 4.39 Å². The van der Waals surface area contributed by atoms with E-state index in [9.17, 15) is 14.3 Å². The molecule has 0 bridgehead atoms. The van der Waals surface area contributed by atoms with Crippen molar-refractivity contribution >= 4 is 23.2 Å². The van der Waals surface area contributed by atoms with Crippen LogP contribution in [0.15, 0.2) is 36.4 Å². The van der Waals surface area contributed by atoms with Gasteiger partial charge in [-0.15, -0.1) is 0 Å². The van der Waals surface area contributed by atoms with E-state index < -0.39 is 17.8 Å². The van der Waals surface area contributed by atoms with Gasteiger partial charge in [-0.05, 0) is 23.8 Å². The van der Waals surface area contributed by atoms with Crippen molar-refractivity contribution in [2.24, 2.45) is 0 Å². The van der Waals surface area contributed by atoms with E-state index >= 15 is 0 Å². The second kappa shape index (κ2) is 5.59. The van der Waals surface area contributed by atoms with Gasteiger partial charge in [0.15, 0.2) is 5.75 Å². The SMILES string of the molecule is CN1C(=O)C(O)Cc2cccc(Oc3cc(F)ccc3Cl)c21. The van der Waals surface area contributed by atoms with Gasteiger partial charge in [0, 0.05) is 19.5 Å². The molecular weight excluding hydrogens is 309 g/mol. The summed E-state index contributed by atoms with van der Waals surface area (Å²) in [6.07, 6.45) is -0.849. The number of hydrogen-bond donors (Lipinski definition) is 1. The zero-order valence-corrected chi connectivity index (χ0v) is 12.5. The van der Waals surface area contributed by atoms with Crippen LogP contribution in [0.4, 0.5) is 10.1 Å². The molecule has 6 heteroatoms. The molecule has 114 valence electrons. The Morgan fingerprint density at radius 2 is 2.09 bits per heavy atom. The van der Waals surface area contributed by atoms with Crippen LogP contribution in [0.5, 0.6) is 11.5 Å². The lowest BCUT2D eigenvalue weighted by Crippen LogP contribution is -2.42. The van der Waals surface area contributed by atoms with Gasteiger partial charge in [-0.1, -0.05) is 23.7 Å². The lowest BCUT2D eigenvalue weighted by molar-refractivity contribution is -0.126. The van der Waals surface area contributed by atoms with Gasteiger partial charge in [0.2, 0.25) is 0 Å². The molecule has 22 heavy (non-hydrogen) atoms. The van der Waals surface area contributed by atoms with Crippen LogP contribution in [0.3, 0.4) is 0 Å². The van der Waals surface area contributed by atoms with E-state index in [1.54, 1.807) is 19.2 Å². The second-order valence-electron chi connectivity index (χ2n) is 5.06. The number of carbonyl (C=O) groups is 1. The minimum Gasteiger partial charge on any atom is -0.453 e. The molecule has 4 nitrogen and oxygen atoms in total. The van der Waals surface area contributed by atoms with Gasteiger partial charge < -0.3 is 14.7 Å². The average molecular weight is 322 g/mol. The highest BCUT2D eigenvalue weighted by atomic mass is 35.5. The molecule has 1 N–H and O–H groups in total. The van der Waals surface area contributed by atoms with Crippen LogP contribution in [0.2, 0.25) is 5.02 Å². The summed E-state index contributed by atoms with van der Waals surface area (Å²) in [5, 5.41) is 10.0. The van der Waals surface area contributed by atoms with Crippen molar-refractivity contribution in [1.29, 1.82) is 0 Å². The van der Waals surface area contributed by atoms with E-state index in [4.69, 9.17) is 16.3 Å². The molecule has 0 saturated carbocycles. The number of anilines is 1. The van der Waals surface area contributed by atoms with Crippen LogP contribution in [-0.2, 0) is 11.2 Å². The fraction of sp³-hybridized carbons (Fsp3) is 0.188. The summed E-state index contributed by atoms with van der Waals surface area (Å²) < 4.78 is 19.0. The molecule has 0 spiro atoms. The summed E-state index contributed by atoms with van der Waals surface area (Å²) in [7, 11) is 1.56. The molecular formula is C16H13ClFNO3. The van der Waals surface area contributed by atoms with E-state index in [1.807, 2.05) is 6.07 Å². The number of hydrogen-bond acceptors (Lipinski definition) is 3. The van der Waals surface area contributed by atoms with Crippen LogP contribution in [0.25, 0.3) is 0 Å². The molecule has 1 amide bonds. The maximum Gasteiger partial charge on any atom is 0.256 e. The Labute approximate surface area is 131 Å². The second-order valence-corrected chi connectivity index (χ2v) is 5.47. The highest BCUT2D eigenvalue weighted by Crippen LogP contribution is 2.40. The zero-order chi connectivity index (χ0) is 15.9. The van der Waals surface area contributed by atoms with Gasteiger partial charge in [0.25, 0.3) is 5.91 Å². The van der Waals surface area contributed by atoms with E-state index in [0.717, 1.165) is 5.56 Å². The lowest BCUT2D eigenvalue weighted by Gasteiger charge is -2.30. The number of benzene rings is 2. The first-order valence-electron chi connectivity index (χ1n) is 6.68. The summed E-state index contributed by atoms with van der Waals surface area (Å²) >= 11 is 6.01. The topological polar surface area (TPSA) is 49.8 Å². The summed E-state index contributed by atoms with van der Waals surface area (Å²) in [6.45, 7) is 0. The molecule has 0 aromatic heterocycles. The summed E-state index contributed by atoms with van der Waals surface area (Å²) in [4.78, 5) is 13.3. The molecule has 1 atom stereocenters. The Kier molecular flexibility index (Phi) is 3.76. The maximum absolute atomic E-state index is 13.3. The van der Waals surface area contributed by atoms with Crippen molar-refractivity contribution < 1.29 is 19.0 Å². The minimum absolute atomic E-state index is 0.169. The van der Waals surface area contributed by atoms with Crippen LogP contribution < -0.4 is 9.64 Å². The van der Waals surface area contributed by atoms with E-state index in [-0.39, 0.29) is 17.2 Å². The van der Waals surface area contributed by atoms with Crippen LogP contribution in [0, 0.1) is 5.82 Å². The first-order valence-corrected chi connectivity index (χ1v) is 7.05. The van der Waals surface area contributed by atoms with Gasteiger partial charge >= 0.3 is 0 Å². The number of likely N-dealkylation sites (N-methyl/N-ethyl adjacent to an activating group) is 1. The zero-order valence-electron chi connectivity index (χ0n) is 11.7. The molecule has 2 aromatic carbocycles. The summed E-state index contributed by atoms with van der Waals surface area (Å²) in [5.41, 5.74) is 1.33. The third-order valence-electron chi connectivity index (χ3n) is 3.56. The number of halogens is 2. The average Bonchev–Trinajstić information content (AvgIpc) is 2.48. The number of nitrogens with zero attached hydrogens (tertiary/aromatic N) is 1. The smallest absolute Gasteiger partial charge is 0.256 e. The number of amides is 1. The molecule has 1 unspecified atom stereocenters. The van der Waals surface area contributed by atoms with Crippen LogP contribution in [0.1, 0.15) is 5.56 Å². The van der Waals surface area contributed by atoms with Crippen LogP contribution in [-0.4, -0.2) is 24.2 Å². The number of para-hydroxylation sites is 1. The Morgan fingerprint density at radius 1 is 1.32 bits per heavy atom. The van der Waals surface area contributed by atoms with E-state index in [1.165, 1.54) is 23.1 Å². The minimum atomic E-state index is -1.06. The number of aliphatic hydroxyl groups is 1. The standard InChI is InChI=1S/C16H13ClFNO3/c1-19-15-9(7-12(20)16(19)21)3-2-4-13(15)22-14-8-10(18)5-6-11(14)17/h2-6,8,12,20H,7H2,1H3. The van der Waals surface area contributed by atoms with Crippen molar-refractivity contribution in [2.45, 2.75) is 12.5 Å². The summed E-state index contributed by atoms with van der Waals surface area (Å²) in [6, 6.07) is 9.05. The van der Waals surface area contributed by atoms with Crippen molar-refractivity contribution in [2.75, 3.05) is 11.9 Å². The monoisotopic (exact) mass is 321 g/mol. The Bertz CT molecular complexity index is 750. The number of ether oxygens (including phenoxy) is 1. The predicted molar refractivity (Wildman–Crippen MR) is 81.0 cm³/mol. The van der Waals surface area contributed by atoms with Crippen molar-refractivity contribution in [1.82, 2.24) is 0 Å². The molecule has 0 saturated heterocycles. The first-order chi connectivity index (χ1) is 10.5. The van der Waals surface area contributed by atoms with Gasteiger partial charge in [0.05, 0.1) is 10.7 Å². The quantitative estimate of drug-likeness (QED) is 0.924. The Balaban J connectivity index is 2.04. The number of fused-ring (bicyclic) bond motifs is 1. The molecule has 2 aromatic rings. The van der Waals surface area contributed by atoms with E-state index in [0.29, 0.717) is 11.4 Å². The highest BCUT2D eigenvalue weighted by molar-refractivity contribution is 6.32. The normalized spacial score (nSPS) is 17.4. The van der Waals surface area contributed by atoms with Crippen molar-refractivity contribution in [3.63, 3.8) is 0 Å². The largest absolute Gasteiger partial charge is 0.453 e.